The summed E-state index contributed by atoms with van der Waals surface area (Å²) < 4.78 is 26.2. The van der Waals surface area contributed by atoms with E-state index in [0.717, 1.165) is 38.2 Å². The minimum absolute atomic E-state index is 0.0365. The van der Waals surface area contributed by atoms with E-state index < -0.39 is 10.0 Å². The molecule has 0 spiro atoms. The monoisotopic (exact) mass is 344 g/mol. The van der Waals surface area contributed by atoms with Crippen LogP contribution in [0.4, 0.5) is 5.69 Å². The predicted molar refractivity (Wildman–Crippen MR) is 98.5 cm³/mol. The molecule has 3 rings (SSSR count). The number of benzene rings is 2. The zero-order valence-corrected chi connectivity index (χ0v) is 14.8. The van der Waals surface area contributed by atoms with Gasteiger partial charge in [-0.25, -0.2) is 8.42 Å². The van der Waals surface area contributed by atoms with Crippen LogP contribution in [0, 0.1) is 0 Å². The molecule has 4 nitrogen and oxygen atoms in total. The number of para-hydroxylation sites is 1. The molecular formula is C19H24N2O2S. The fraction of sp³-hybridized carbons (Fsp3) is 0.368. The Hall–Kier alpha value is -1.85. The zero-order chi connectivity index (χ0) is 17.0. The quantitative estimate of drug-likeness (QED) is 0.837. The summed E-state index contributed by atoms with van der Waals surface area (Å²) in [6.45, 7) is 2.76. The first-order chi connectivity index (χ1) is 11.5. The van der Waals surface area contributed by atoms with Crippen molar-refractivity contribution in [2.45, 2.75) is 25.4 Å². The van der Waals surface area contributed by atoms with E-state index in [9.17, 15) is 8.42 Å². The van der Waals surface area contributed by atoms with Crippen molar-refractivity contribution < 1.29 is 8.42 Å². The van der Waals surface area contributed by atoms with E-state index in [2.05, 4.69) is 29.2 Å². The molecule has 1 saturated heterocycles. The van der Waals surface area contributed by atoms with Gasteiger partial charge in [-0.05, 0) is 30.5 Å². The second kappa shape index (κ2) is 7.36. The molecule has 2 aromatic rings. The van der Waals surface area contributed by atoms with E-state index in [0.29, 0.717) is 0 Å². The second-order valence-electron chi connectivity index (χ2n) is 6.39. The molecule has 0 saturated carbocycles. The normalized spacial score (nSPS) is 16.9. The standard InChI is InChI=1S/C19H24N2O2S/c1-24(22,23)21(18-10-6-3-7-11-18)19-12-14-20(15-13-19)16-17-8-4-2-5-9-17/h2-11,19H,12-16H2,1H3. The summed E-state index contributed by atoms with van der Waals surface area (Å²) in [6, 6.07) is 19.9. The van der Waals surface area contributed by atoms with Gasteiger partial charge in [0.2, 0.25) is 10.0 Å². The number of likely N-dealkylation sites (tertiary alicyclic amines) is 1. The van der Waals surface area contributed by atoms with Crippen LogP contribution in [0.3, 0.4) is 0 Å². The van der Waals surface area contributed by atoms with Crippen LogP contribution in [0.15, 0.2) is 60.7 Å². The van der Waals surface area contributed by atoms with Gasteiger partial charge in [-0.1, -0.05) is 48.5 Å². The van der Waals surface area contributed by atoms with E-state index in [4.69, 9.17) is 0 Å². The fourth-order valence-electron chi connectivity index (χ4n) is 3.40. The Balaban J connectivity index is 1.68. The molecule has 128 valence electrons. The molecule has 1 fully saturated rings. The maximum atomic E-state index is 12.3. The molecule has 0 unspecified atom stereocenters. The first-order valence-electron chi connectivity index (χ1n) is 8.35. The lowest BCUT2D eigenvalue weighted by molar-refractivity contribution is 0.206. The first kappa shape index (κ1) is 17.0. The lowest BCUT2D eigenvalue weighted by Crippen LogP contribution is -2.47. The van der Waals surface area contributed by atoms with Crippen molar-refractivity contribution in [2.24, 2.45) is 0 Å². The van der Waals surface area contributed by atoms with E-state index in [1.807, 2.05) is 36.4 Å². The Bertz CT molecular complexity index is 739. The summed E-state index contributed by atoms with van der Waals surface area (Å²) in [7, 11) is -3.28. The zero-order valence-electron chi connectivity index (χ0n) is 14.0. The van der Waals surface area contributed by atoms with Crippen LogP contribution in [0.1, 0.15) is 18.4 Å². The second-order valence-corrected chi connectivity index (χ2v) is 8.25. The number of nitrogens with zero attached hydrogens (tertiary/aromatic N) is 2. The molecule has 1 heterocycles. The molecule has 0 aromatic heterocycles. The Morgan fingerprint density at radius 2 is 1.50 bits per heavy atom. The number of rotatable bonds is 5. The molecule has 0 radical (unpaired) electrons. The molecule has 2 aromatic carbocycles. The molecule has 0 bridgehead atoms. The Kier molecular flexibility index (Phi) is 5.21. The van der Waals surface area contributed by atoms with Gasteiger partial charge in [-0.3, -0.25) is 9.21 Å². The Labute approximate surface area is 144 Å². The van der Waals surface area contributed by atoms with E-state index in [1.54, 1.807) is 4.31 Å². The SMILES string of the molecule is CS(=O)(=O)N(c1ccccc1)C1CCN(Cc2ccccc2)CC1. The molecule has 5 heteroatoms. The summed E-state index contributed by atoms with van der Waals surface area (Å²) in [5.41, 5.74) is 2.07. The smallest absolute Gasteiger partial charge is 0.232 e. The van der Waals surface area contributed by atoms with Crippen molar-refractivity contribution in [1.29, 1.82) is 0 Å². The molecule has 1 aliphatic heterocycles. The summed E-state index contributed by atoms with van der Waals surface area (Å²) in [5.74, 6) is 0. The number of hydrogen-bond acceptors (Lipinski definition) is 3. The van der Waals surface area contributed by atoms with Crippen molar-refractivity contribution in [3.8, 4) is 0 Å². The van der Waals surface area contributed by atoms with Gasteiger partial charge in [-0.2, -0.15) is 0 Å². The highest BCUT2D eigenvalue weighted by Crippen LogP contribution is 2.26. The van der Waals surface area contributed by atoms with Crippen LogP contribution in [-0.2, 0) is 16.6 Å². The largest absolute Gasteiger partial charge is 0.299 e. The third-order valence-electron chi connectivity index (χ3n) is 4.51. The molecule has 1 aliphatic rings. The van der Waals surface area contributed by atoms with Gasteiger partial charge >= 0.3 is 0 Å². The van der Waals surface area contributed by atoms with Gasteiger partial charge in [0.25, 0.3) is 0 Å². The van der Waals surface area contributed by atoms with Crippen LogP contribution in [0.5, 0.6) is 0 Å². The maximum absolute atomic E-state index is 12.3. The van der Waals surface area contributed by atoms with Gasteiger partial charge in [0.15, 0.2) is 0 Å². The summed E-state index contributed by atoms with van der Waals surface area (Å²) >= 11 is 0. The predicted octanol–water partition coefficient (Wildman–Crippen LogP) is 3.12. The van der Waals surface area contributed by atoms with Crippen LogP contribution < -0.4 is 4.31 Å². The topological polar surface area (TPSA) is 40.6 Å². The van der Waals surface area contributed by atoms with Gasteiger partial charge in [0, 0.05) is 25.7 Å². The van der Waals surface area contributed by atoms with Crippen LogP contribution in [0.2, 0.25) is 0 Å². The molecule has 0 amide bonds. The van der Waals surface area contributed by atoms with Crippen LogP contribution in [-0.4, -0.2) is 38.7 Å². The maximum Gasteiger partial charge on any atom is 0.232 e. The Morgan fingerprint density at radius 1 is 0.958 bits per heavy atom. The van der Waals surface area contributed by atoms with Crippen molar-refractivity contribution in [2.75, 3.05) is 23.7 Å². The van der Waals surface area contributed by atoms with Gasteiger partial charge < -0.3 is 0 Å². The van der Waals surface area contributed by atoms with Crippen molar-refractivity contribution in [1.82, 2.24) is 4.90 Å². The number of anilines is 1. The van der Waals surface area contributed by atoms with Crippen LogP contribution >= 0.6 is 0 Å². The molecule has 0 atom stereocenters. The first-order valence-corrected chi connectivity index (χ1v) is 10.2. The molecule has 0 aliphatic carbocycles. The molecular weight excluding hydrogens is 320 g/mol. The van der Waals surface area contributed by atoms with E-state index in [1.165, 1.54) is 11.8 Å². The van der Waals surface area contributed by atoms with Gasteiger partial charge in [-0.15, -0.1) is 0 Å². The van der Waals surface area contributed by atoms with Crippen molar-refractivity contribution in [3.63, 3.8) is 0 Å². The average Bonchev–Trinajstić information content (AvgIpc) is 2.57. The number of sulfonamides is 1. The molecule has 24 heavy (non-hydrogen) atoms. The highest BCUT2D eigenvalue weighted by atomic mass is 32.2. The Morgan fingerprint density at radius 3 is 2.04 bits per heavy atom. The van der Waals surface area contributed by atoms with Gasteiger partial charge in [0.1, 0.15) is 0 Å². The average molecular weight is 344 g/mol. The van der Waals surface area contributed by atoms with E-state index >= 15 is 0 Å². The minimum atomic E-state index is -3.28. The summed E-state index contributed by atoms with van der Waals surface area (Å²) in [5, 5.41) is 0. The van der Waals surface area contributed by atoms with Crippen molar-refractivity contribution >= 4 is 15.7 Å². The number of piperidine rings is 1. The minimum Gasteiger partial charge on any atom is -0.299 e. The lowest BCUT2D eigenvalue weighted by atomic mass is 10.0. The third-order valence-corrected chi connectivity index (χ3v) is 5.73. The van der Waals surface area contributed by atoms with Crippen LogP contribution in [0.25, 0.3) is 0 Å². The van der Waals surface area contributed by atoms with Crippen molar-refractivity contribution in [3.05, 3.63) is 66.2 Å². The molecule has 0 N–H and O–H groups in total. The summed E-state index contributed by atoms with van der Waals surface area (Å²) in [6.07, 6.45) is 3.01. The fourth-order valence-corrected chi connectivity index (χ4v) is 4.66. The highest BCUT2D eigenvalue weighted by molar-refractivity contribution is 7.92. The third kappa shape index (κ3) is 4.16. The van der Waals surface area contributed by atoms with E-state index in [-0.39, 0.29) is 6.04 Å². The number of hydrogen-bond donors (Lipinski definition) is 0. The van der Waals surface area contributed by atoms with Gasteiger partial charge in [0.05, 0.1) is 11.9 Å². The highest BCUT2D eigenvalue weighted by Gasteiger charge is 2.30. The summed E-state index contributed by atoms with van der Waals surface area (Å²) in [4.78, 5) is 2.40. The lowest BCUT2D eigenvalue weighted by Gasteiger charge is -2.38.